The molecule has 0 atom stereocenters. The molecule has 5 nitrogen and oxygen atoms in total. The lowest BCUT2D eigenvalue weighted by molar-refractivity contribution is -0.113. The van der Waals surface area contributed by atoms with Crippen molar-refractivity contribution in [1.82, 2.24) is 14.8 Å². The molecule has 0 spiro atoms. The van der Waals surface area contributed by atoms with Crippen molar-refractivity contribution in [3.05, 3.63) is 32.0 Å². The fourth-order valence-corrected chi connectivity index (χ4v) is 4.05. The summed E-state index contributed by atoms with van der Waals surface area (Å²) in [5.41, 5.74) is 0.210. The number of carbonyl (C=O) groups excluding carboxylic acids is 1. The third-order valence-electron chi connectivity index (χ3n) is 3.71. The number of anilines is 1. The minimum Gasteiger partial charge on any atom is -0.323 e. The molecule has 2 aromatic rings. The van der Waals surface area contributed by atoms with E-state index in [4.69, 9.17) is 46.4 Å². The van der Waals surface area contributed by atoms with Crippen LogP contribution in [0.2, 0.25) is 20.1 Å². The molecule has 1 amide bonds. The summed E-state index contributed by atoms with van der Waals surface area (Å²) in [6, 6.07) is 1.43. The van der Waals surface area contributed by atoms with Crippen molar-refractivity contribution in [2.75, 3.05) is 11.1 Å². The van der Waals surface area contributed by atoms with E-state index in [1.165, 1.54) is 17.8 Å². The van der Waals surface area contributed by atoms with Crippen molar-refractivity contribution < 1.29 is 4.79 Å². The first-order chi connectivity index (χ1) is 11.9. The number of aromatic nitrogens is 3. The van der Waals surface area contributed by atoms with E-state index in [0.29, 0.717) is 5.92 Å². The van der Waals surface area contributed by atoms with Gasteiger partial charge in [0.25, 0.3) is 0 Å². The Labute approximate surface area is 169 Å². The summed E-state index contributed by atoms with van der Waals surface area (Å²) in [6.07, 6.45) is 2.30. The highest BCUT2D eigenvalue weighted by molar-refractivity contribution is 7.99. The van der Waals surface area contributed by atoms with Crippen LogP contribution in [0.3, 0.4) is 0 Å². The standard InChI is InChI=1S/C15H14Cl4N4OS/c1-2-23-14(7-3-4-7)21-22-15(23)25-6-10(24)20-13-11(18)8(16)5-9(17)12(13)19/h5,7H,2-4,6H2,1H3,(H,20,24). The number of thioether (sulfide) groups is 1. The maximum Gasteiger partial charge on any atom is 0.234 e. The van der Waals surface area contributed by atoms with Gasteiger partial charge in [-0.25, -0.2) is 0 Å². The van der Waals surface area contributed by atoms with E-state index in [1.807, 2.05) is 11.5 Å². The van der Waals surface area contributed by atoms with Gasteiger partial charge in [0.1, 0.15) is 5.82 Å². The van der Waals surface area contributed by atoms with Gasteiger partial charge in [0.05, 0.1) is 31.5 Å². The molecule has 1 aliphatic rings. The van der Waals surface area contributed by atoms with Gasteiger partial charge in [-0.15, -0.1) is 10.2 Å². The average molecular weight is 440 g/mol. The highest BCUT2D eigenvalue weighted by Gasteiger charge is 2.30. The van der Waals surface area contributed by atoms with Crippen molar-refractivity contribution in [3.8, 4) is 0 Å². The summed E-state index contributed by atoms with van der Waals surface area (Å²) in [5, 5.41) is 12.6. The molecular formula is C15H14Cl4N4OS. The van der Waals surface area contributed by atoms with E-state index in [2.05, 4.69) is 15.5 Å². The van der Waals surface area contributed by atoms with Crippen molar-refractivity contribution in [3.63, 3.8) is 0 Å². The van der Waals surface area contributed by atoms with Crippen LogP contribution in [0.15, 0.2) is 11.2 Å². The molecule has 134 valence electrons. The maximum absolute atomic E-state index is 12.3. The molecule has 1 aromatic carbocycles. The third kappa shape index (κ3) is 4.19. The summed E-state index contributed by atoms with van der Waals surface area (Å²) in [5.74, 6) is 1.35. The Hall–Kier alpha value is -0.660. The van der Waals surface area contributed by atoms with Crippen molar-refractivity contribution in [1.29, 1.82) is 0 Å². The molecule has 1 N–H and O–H groups in total. The fourth-order valence-electron chi connectivity index (χ4n) is 2.34. The lowest BCUT2D eigenvalue weighted by atomic mass is 10.3. The van der Waals surface area contributed by atoms with Crippen molar-refractivity contribution in [2.45, 2.75) is 37.4 Å². The highest BCUT2D eigenvalue weighted by atomic mass is 35.5. The first-order valence-electron chi connectivity index (χ1n) is 7.61. The van der Waals surface area contributed by atoms with Crippen LogP contribution in [0.25, 0.3) is 0 Å². The van der Waals surface area contributed by atoms with Crippen LogP contribution >= 0.6 is 58.2 Å². The average Bonchev–Trinajstić information content (AvgIpc) is 3.35. The zero-order chi connectivity index (χ0) is 18.1. The van der Waals surface area contributed by atoms with Crippen LogP contribution in [0.5, 0.6) is 0 Å². The Morgan fingerprint density at radius 3 is 2.44 bits per heavy atom. The van der Waals surface area contributed by atoms with Crippen molar-refractivity contribution in [2.24, 2.45) is 0 Å². The minimum absolute atomic E-state index is 0.138. The molecule has 1 saturated carbocycles. The number of carbonyl (C=O) groups is 1. The maximum atomic E-state index is 12.3. The number of rotatable bonds is 6. The summed E-state index contributed by atoms with van der Waals surface area (Å²) in [4.78, 5) is 12.3. The Kier molecular flexibility index (Phi) is 6.06. The normalized spacial score (nSPS) is 14.0. The summed E-state index contributed by atoms with van der Waals surface area (Å²) >= 11 is 25.5. The number of hydrogen-bond donors (Lipinski definition) is 1. The Balaban J connectivity index is 1.68. The second kappa shape index (κ2) is 7.92. The molecule has 0 saturated heterocycles. The van der Waals surface area contributed by atoms with E-state index >= 15 is 0 Å². The predicted molar refractivity (Wildman–Crippen MR) is 104 cm³/mol. The Morgan fingerprint density at radius 2 is 1.88 bits per heavy atom. The van der Waals surface area contributed by atoms with Crippen LogP contribution in [0.1, 0.15) is 31.5 Å². The molecule has 25 heavy (non-hydrogen) atoms. The van der Waals surface area contributed by atoms with Gasteiger partial charge < -0.3 is 9.88 Å². The monoisotopic (exact) mass is 438 g/mol. The number of halogens is 4. The number of nitrogens with one attached hydrogen (secondary N) is 1. The summed E-state index contributed by atoms with van der Waals surface area (Å²) in [7, 11) is 0. The molecule has 10 heteroatoms. The molecule has 0 aliphatic heterocycles. The molecule has 0 bridgehead atoms. The molecule has 0 unspecified atom stereocenters. The highest BCUT2D eigenvalue weighted by Crippen LogP contribution is 2.41. The van der Waals surface area contributed by atoms with Gasteiger partial charge >= 0.3 is 0 Å². The Morgan fingerprint density at radius 1 is 1.24 bits per heavy atom. The van der Waals surface area contributed by atoms with E-state index in [-0.39, 0.29) is 37.4 Å². The fraction of sp³-hybridized carbons (Fsp3) is 0.400. The van der Waals surface area contributed by atoms with Gasteiger partial charge in [-0.05, 0) is 25.8 Å². The van der Waals surface area contributed by atoms with Crippen LogP contribution in [0.4, 0.5) is 5.69 Å². The molecule has 0 radical (unpaired) electrons. The van der Waals surface area contributed by atoms with E-state index in [0.717, 1.165) is 30.4 Å². The molecule has 3 rings (SSSR count). The van der Waals surface area contributed by atoms with Crippen LogP contribution in [-0.2, 0) is 11.3 Å². The lowest BCUT2D eigenvalue weighted by Gasteiger charge is -2.12. The zero-order valence-corrected chi connectivity index (χ0v) is 17.0. The largest absolute Gasteiger partial charge is 0.323 e. The molecule has 1 heterocycles. The lowest BCUT2D eigenvalue weighted by Crippen LogP contribution is -2.15. The summed E-state index contributed by atoms with van der Waals surface area (Å²) < 4.78 is 2.05. The summed E-state index contributed by atoms with van der Waals surface area (Å²) in [6.45, 7) is 2.80. The van der Waals surface area contributed by atoms with Crippen LogP contribution in [0, 0.1) is 0 Å². The smallest absolute Gasteiger partial charge is 0.234 e. The topological polar surface area (TPSA) is 59.8 Å². The van der Waals surface area contributed by atoms with Gasteiger partial charge in [-0.1, -0.05) is 58.2 Å². The van der Waals surface area contributed by atoms with Gasteiger partial charge in [-0.3, -0.25) is 4.79 Å². The first-order valence-corrected chi connectivity index (χ1v) is 10.1. The van der Waals surface area contributed by atoms with Gasteiger partial charge in [0.2, 0.25) is 5.91 Å². The van der Waals surface area contributed by atoms with Crippen LogP contribution < -0.4 is 5.32 Å². The predicted octanol–water partition coefficient (Wildman–Crippen LogP) is 5.52. The third-order valence-corrected chi connectivity index (χ3v) is 6.25. The van der Waals surface area contributed by atoms with E-state index in [9.17, 15) is 4.79 Å². The van der Waals surface area contributed by atoms with Gasteiger partial charge in [0, 0.05) is 12.5 Å². The number of benzene rings is 1. The number of nitrogens with zero attached hydrogens (tertiary/aromatic N) is 3. The zero-order valence-electron chi connectivity index (χ0n) is 13.2. The van der Waals surface area contributed by atoms with Gasteiger partial charge in [0.15, 0.2) is 5.16 Å². The molecular weight excluding hydrogens is 426 g/mol. The second-order valence-electron chi connectivity index (χ2n) is 5.54. The SMILES string of the molecule is CCn1c(SCC(=O)Nc2c(Cl)c(Cl)cc(Cl)c2Cl)nnc1C1CC1. The minimum atomic E-state index is -0.286. The second-order valence-corrected chi connectivity index (χ2v) is 8.05. The van der Waals surface area contributed by atoms with Gasteiger partial charge in [-0.2, -0.15) is 0 Å². The molecule has 1 aromatic heterocycles. The first kappa shape index (κ1) is 19.1. The number of amides is 1. The molecule has 1 fully saturated rings. The Bertz CT molecular complexity index is 796. The molecule has 1 aliphatic carbocycles. The van der Waals surface area contributed by atoms with E-state index < -0.39 is 0 Å². The number of hydrogen-bond acceptors (Lipinski definition) is 4. The van der Waals surface area contributed by atoms with Crippen LogP contribution in [-0.4, -0.2) is 26.4 Å². The quantitative estimate of drug-likeness (QED) is 0.475. The van der Waals surface area contributed by atoms with Crippen molar-refractivity contribution >= 4 is 69.8 Å². The van der Waals surface area contributed by atoms with E-state index in [1.54, 1.807) is 0 Å².